The summed E-state index contributed by atoms with van der Waals surface area (Å²) in [6.45, 7) is 6.32. The third-order valence-corrected chi connectivity index (χ3v) is 3.85. The highest BCUT2D eigenvalue weighted by Gasteiger charge is 2.28. The van der Waals surface area contributed by atoms with E-state index in [1.165, 1.54) is 7.05 Å². The summed E-state index contributed by atoms with van der Waals surface area (Å²) in [6, 6.07) is 7.09. The van der Waals surface area contributed by atoms with Crippen molar-refractivity contribution in [2.75, 3.05) is 5.32 Å². The Hall–Kier alpha value is -2.31. The predicted molar refractivity (Wildman–Crippen MR) is 90.3 cm³/mol. The summed E-state index contributed by atoms with van der Waals surface area (Å²) < 4.78 is 40.7. The Kier molecular flexibility index (Phi) is 5.55. The Morgan fingerprint density at radius 1 is 1.28 bits per heavy atom. The number of hydrogen-bond acceptors (Lipinski definition) is 2. The standard InChI is InChI=1S/C18H22F3N3O/c1-18(2,3)10-9-11-7-5-6-8-12(11)22-17(25)13-14(15(19)20)23-24(4)16(13)21/h5-8,15H,9-10H2,1-4H3,(H,22,25). The molecule has 2 aromatic rings. The summed E-state index contributed by atoms with van der Waals surface area (Å²) in [6.07, 6.45) is -1.45. The van der Waals surface area contributed by atoms with E-state index in [9.17, 15) is 18.0 Å². The quantitative estimate of drug-likeness (QED) is 0.845. The van der Waals surface area contributed by atoms with E-state index >= 15 is 0 Å². The fourth-order valence-electron chi connectivity index (χ4n) is 2.44. The van der Waals surface area contributed by atoms with Gasteiger partial charge in [-0.05, 0) is 29.9 Å². The molecule has 1 N–H and O–H groups in total. The van der Waals surface area contributed by atoms with Gasteiger partial charge in [0.1, 0.15) is 11.3 Å². The second kappa shape index (κ2) is 7.29. The van der Waals surface area contributed by atoms with E-state index in [0.29, 0.717) is 16.8 Å². The number of nitrogens with one attached hydrogen (secondary N) is 1. The van der Waals surface area contributed by atoms with Gasteiger partial charge in [0.25, 0.3) is 12.3 Å². The van der Waals surface area contributed by atoms with Crippen molar-refractivity contribution in [3.8, 4) is 0 Å². The molecular weight excluding hydrogens is 331 g/mol. The number of amides is 1. The van der Waals surface area contributed by atoms with Gasteiger partial charge >= 0.3 is 0 Å². The van der Waals surface area contributed by atoms with Crippen LogP contribution < -0.4 is 5.32 Å². The van der Waals surface area contributed by atoms with E-state index in [2.05, 4.69) is 31.2 Å². The lowest BCUT2D eigenvalue weighted by molar-refractivity contribution is 0.100. The van der Waals surface area contributed by atoms with Gasteiger partial charge in [-0.2, -0.15) is 9.49 Å². The number of halogens is 3. The number of hydrogen-bond donors (Lipinski definition) is 1. The highest BCUT2D eigenvalue weighted by atomic mass is 19.3. The van der Waals surface area contributed by atoms with Gasteiger partial charge in [-0.15, -0.1) is 0 Å². The third-order valence-electron chi connectivity index (χ3n) is 3.85. The fourth-order valence-corrected chi connectivity index (χ4v) is 2.44. The lowest BCUT2D eigenvalue weighted by Gasteiger charge is -2.19. The molecule has 0 radical (unpaired) electrons. The number of aromatic nitrogens is 2. The molecule has 1 heterocycles. The number of aryl methyl sites for hydroxylation is 2. The van der Waals surface area contributed by atoms with Gasteiger partial charge in [0.05, 0.1) is 0 Å². The van der Waals surface area contributed by atoms with Crippen molar-refractivity contribution in [2.24, 2.45) is 12.5 Å². The molecule has 0 saturated carbocycles. The molecule has 0 spiro atoms. The van der Waals surface area contributed by atoms with Crippen molar-refractivity contribution in [1.82, 2.24) is 9.78 Å². The van der Waals surface area contributed by atoms with Gasteiger partial charge in [0, 0.05) is 12.7 Å². The second-order valence-electron chi connectivity index (χ2n) is 7.15. The zero-order valence-electron chi connectivity index (χ0n) is 14.7. The molecule has 1 aromatic carbocycles. The smallest absolute Gasteiger partial charge is 0.283 e. The molecule has 136 valence electrons. The Bertz CT molecular complexity index is 763. The minimum absolute atomic E-state index is 0.107. The number of rotatable bonds is 5. The van der Waals surface area contributed by atoms with Crippen LogP contribution in [0.25, 0.3) is 0 Å². The first-order valence-electron chi connectivity index (χ1n) is 8.00. The second-order valence-corrected chi connectivity index (χ2v) is 7.15. The van der Waals surface area contributed by atoms with E-state index in [1.54, 1.807) is 12.1 Å². The maximum absolute atomic E-state index is 14.0. The Morgan fingerprint density at radius 2 is 1.92 bits per heavy atom. The molecule has 0 atom stereocenters. The van der Waals surface area contributed by atoms with Crippen LogP contribution in [0.4, 0.5) is 18.9 Å². The SMILES string of the molecule is Cn1nc(C(F)F)c(C(=O)Nc2ccccc2CCC(C)(C)C)c1F. The zero-order valence-corrected chi connectivity index (χ0v) is 14.7. The van der Waals surface area contributed by atoms with Crippen LogP contribution in [0.5, 0.6) is 0 Å². The lowest BCUT2D eigenvalue weighted by Crippen LogP contribution is -2.17. The first kappa shape index (κ1) is 19.0. The lowest BCUT2D eigenvalue weighted by atomic mass is 9.88. The maximum atomic E-state index is 14.0. The van der Waals surface area contributed by atoms with E-state index in [4.69, 9.17) is 0 Å². The van der Waals surface area contributed by atoms with Gasteiger partial charge < -0.3 is 5.32 Å². The molecule has 4 nitrogen and oxygen atoms in total. The average molecular weight is 353 g/mol. The summed E-state index contributed by atoms with van der Waals surface area (Å²) in [7, 11) is 1.18. The minimum Gasteiger partial charge on any atom is -0.322 e. The van der Waals surface area contributed by atoms with Crippen molar-refractivity contribution in [1.29, 1.82) is 0 Å². The van der Waals surface area contributed by atoms with Crippen molar-refractivity contribution < 1.29 is 18.0 Å². The predicted octanol–water partition coefficient (Wildman–Crippen LogP) is 4.73. The largest absolute Gasteiger partial charge is 0.322 e. The molecule has 0 bridgehead atoms. The van der Waals surface area contributed by atoms with Crippen molar-refractivity contribution in [3.63, 3.8) is 0 Å². The van der Waals surface area contributed by atoms with Crippen LogP contribution in [0.1, 0.15) is 55.2 Å². The van der Waals surface area contributed by atoms with Crippen LogP contribution in [-0.4, -0.2) is 15.7 Å². The number of benzene rings is 1. The summed E-state index contributed by atoms with van der Waals surface area (Å²) in [4.78, 5) is 12.4. The molecule has 0 fully saturated rings. The van der Waals surface area contributed by atoms with Gasteiger partial charge in [0.2, 0.25) is 5.95 Å². The molecular formula is C18H22F3N3O. The van der Waals surface area contributed by atoms with Crippen LogP contribution in [0.3, 0.4) is 0 Å². The van der Waals surface area contributed by atoms with Crippen molar-refractivity contribution >= 4 is 11.6 Å². The highest BCUT2D eigenvalue weighted by molar-refractivity contribution is 6.05. The van der Waals surface area contributed by atoms with Crippen molar-refractivity contribution in [3.05, 3.63) is 47.0 Å². The van der Waals surface area contributed by atoms with Gasteiger partial charge in [-0.25, -0.2) is 13.5 Å². The van der Waals surface area contributed by atoms with E-state index in [0.717, 1.165) is 12.0 Å². The van der Waals surface area contributed by atoms with Gasteiger partial charge in [0.15, 0.2) is 0 Å². The monoisotopic (exact) mass is 353 g/mol. The van der Waals surface area contributed by atoms with Gasteiger partial charge in [-0.1, -0.05) is 39.0 Å². The zero-order chi connectivity index (χ0) is 18.8. The van der Waals surface area contributed by atoms with Crippen LogP contribution in [-0.2, 0) is 13.5 Å². The Morgan fingerprint density at radius 3 is 2.52 bits per heavy atom. The molecule has 1 amide bonds. The summed E-state index contributed by atoms with van der Waals surface area (Å²) in [5.74, 6) is -2.01. The van der Waals surface area contributed by atoms with Crippen molar-refractivity contribution in [2.45, 2.75) is 40.0 Å². The summed E-state index contributed by atoms with van der Waals surface area (Å²) >= 11 is 0. The summed E-state index contributed by atoms with van der Waals surface area (Å²) in [5.41, 5.74) is -0.114. The molecule has 0 saturated heterocycles. The first-order chi connectivity index (χ1) is 11.6. The normalized spacial score (nSPS) is 11.8. The molecule has 0 aliphatic heterocycles. The Labute approximate surface area is 145 Å². The van der Waals surface area contributed by atoms with E-state index in [-0.39, 0.29) is 5.41 Å². The molecule has 1 aromatic heterocycles. The first-order valence-corrected chi connectivity index (χ1v) is 8.00. The maximum Gasteiger partial charge on any atom is 0.283 e. The minimum atomic E-state index is -3.03. The average Bonchev–Trinajstić information content (AvgIpc) is 2.81. The Balaban J connectivity index is 2.28. The number of para-hydroxylation sites is 1. The van der Waals surface area contributed by atoms with E-state index < -0.39 is 29.5 Å². The molecule has 25 heavy (non-hydrogen) atoms. The molecule has 0 aliphatic carbocycles. The molecule has 0 unspecified atom stereocenters. The number of anilines is 1. The molecule has 0 aliphatic rings. The number of carbonyl (C=O) groups excluding carboxylic acids is 1. The summed E-state index contributed by atoms with van der Waals surface area (Å²) in [5, 5.41) is 5.94. The third kappa shape index (κ3) is 4.61. The highest BCUT2D eigenvalue weighted by Crippen LogP contribution is 2.27. The van der Waals surface area contributed by atoms with Gasteiger partial charge in [-0.3, -0.25) is 4.79 Å². The van der Waals surface area contributed by atoms with Crippen LogP contribution >= 0.6 is 0 Å². The fraction of sp³-hybridized carbons (Fsp3) is 0.444. The number of carbonyl (C=O) groups is 1. The molecule has 7 heteroatoms. The van der Waals surface area contributed by atoms with Crippen LogP contribution in [0, 0.1) is 11.4 Å². The van der Waals surface area contributed by atoms with Crippen LogP contribution in [0.15, 0.2) is 24.3 Å². The number of nitrogens with zero attached hydrogens (tertiary/aromatic N) is 2. The van der Waals surface area contributed by atoms with E-state index in [1.807, 2.05) is 12.1 Å². The molecule has 2 rings (SSSR count). The van der Waals surface area contributed by atoms with Crippen LogP contribution in [0.2, 0.25) is 0 Å². The number of alkyl halides is 2. The topological polar surface area (TPSA) is 46.9 Å².